The first-order valence-electron chi connectivity index (χ1n) is 5.10. The number of furan rings is 1. The first-order valence-corrected chi connectivity index (χ1v) is 7.06. The number of nitrogens with zero attached hydrogens (tertiary/aromatic N) is 1. The molecule has 1 heterocycles. The Balaban J connectivity index is 1.98. The van der Waals surface area contributed by atoms with E-state index in [-0.39, 0.29) is 5.91 Å². The third-order valence-electron chi connectivity index (χ3n) is 2.13. The fourth-order valence-electron chi connectivity index (χ4n) is 1.25. The van der Waals surface area contributed by atoms with Crippen molar-refractivity contribution in [2.24, 2.45) is 5.10 Å². The molecule has 0 bridgehead atoms. The number of halogens is 3. The molecule has 0 aliphatic carbocycles. The average Bonchev–Trinajstić information content (AvgIpc) is 2.69. The monoisotopic (exact) mass is 404 g/mol. The van der Waals surface area contributed by atoms with Crippen LogP contribution >= 0.6 is 43.5 Å². The van der Waals surface area contributed by atoms with Crippen LogP contribution in [0.2, 0.25) is 5.02 Å². The lowest BCUT2D eigenvalue weighted by Gasteiger charge is -1.98. The molecule has 7 heteroatoms. The normalized spacial score (nSPS) is 10.9. The Labute approximate surface area is 131 Å². The van der Waals surface area contributed by atoms with E-state index in [1.807, 2.05) is 0 Å². The minimum atomic E-state index is -0.322. The summed E-state index contributed by atoms with van der Waals surface area (Å²) in [6, 6.07) is 8.24. The average molecular weight is 406 g/mol. The van der Waals surface area contributed by atoms with Crippen LogP contribution < -0.4 is 5.43 Å². The van der Waals surface area contributed by atoms with Gasteiger partial charge in [-0.1, -0.05) is 11.6 Å². The highest BCUT2D eigenvalue weighted by Gasteiger charge is 2.05. The van der Waals surface area contributed by atoms with Crippen molar-refractivity contribution in [3.63, 3.8) is 0 Å². The van der Waals surface area contributed by atoms with E-state index in [4.69, 9.17) is 16.0 Å². The standard InChI is InChI=1S/C12H7Br2ClN2O2/c13-10-5-9(19-11(10)14)6-16-17-12(18)7-1-3-8(15)4-2-7/h1-6H,(H,17,18). The molecule has 1 aromatic heterocycles. The second kappa shape index (κ2) is 6.36. The van der Waals surface area contributed by atoms with Gasteiger partial charge in [0.25, 0.3) is 5.91 Å². The summed E-state index contributed by atoms with van der Waals surface area (Å²) in [4.78, 5) is 11.7. The Morgan fingerprint density at radius 2 is 2.00 bits per heavy atom. The zero-order valence-corrected chi connectivity index (χ0v) is 13.3. The molecule has 0 radical (unpaired) electrons. The van der Waals surface area contributed by atoms with Crippen LogP contribution in [0.3, 0.4) is 0 Å². The number of hydrogen-bond acceptors (Lipinski definition) is 3. The van der Waals surface area contributed by atoms with E-state index in [9.17, 15) is 4.79 Å². The summed E-state index contributed by atoms with van der Waals surface area (Å²) in [5.41, 5.74) is 2.87. The number of hydrogen-bond donors (Lipinski definition) is 1. The predicted molar refractivity (Wildman–Crippen MR) is 80.6 cm³/mol. The van der Waals surface area contributed by atoms with Crippen LogP contribution in [-0.2, 0) is 0 Å². The topological polar surface area (TPSA) is 54.6 Å². The van der Waals surface area contributed by atoms with Crippen LogP contribution in [0.25, 0.3) is 0 Å². The van der Waals surface area contributed by atoms with Crippen LogP contribution in [0.1, 0.15) is 16.1 Å². The van der Waals surface area contributed by atoms with Crippen molar-refractivity contribution in [3.8, 4) is 0 Å². The summed E-state index contributed by atoms with van der Waals surface area (Å²) in [6.45, 7) is 0. The van der Waals surface area contributed by atoms with Crippen molar-refractivity contribution in [2.75, 3.05) is 0 Å². The molecule has 19 heavy (non-hydrogen) atoms. The molecule has 98 valence electrons. The highest BCUT2D eigenvalue weighted by molar-refractivity contribution is 9.13. The van der Waals surface area contributed by atoms with Gasteiger partial charge < -0.3 is 4.42 Å². The zero-order valence-electron chi connectivity index (χ0n) is 9.36. The number of nitrogens with one attached hydrogen (secondary N) is 1. The van der Waals surface area contributed by atoms with Crippen LogP contribution in [0.5, 0.6) is 0 Å². The van der Waals surface area contributed by atoms with Crippen molar-refractivity contribution in [3.05, 3.63) is 55.8 Å². The maximum absolute atomic E-state index is 11.7. The molecule has 1 amide bonds. The maximum Gasteiger partial charge on any atom is 0.271 e. The third kappa shape index (κ3) is 3.92. The Bertz CT molecular complexity index is 604. The van der Waals surface area contributed by atoms with Gasteiger partial charge in [-0.15, -0.1) is 0 Å². The Morgan fingerprint density at radius 3 is 2.58 bits per heavy atom. The van der Waals surface area contributed by atoms with E-state index in [1.165, 1.54) is 6.21 Å². The van der Waals surface area contributed by atoms with Gasteiger partial charge in [0.15, 0.2) is 4.67 Å². The minimum Gasteiger partial charge on any atom is -0.447 e. The van der Waals surface area contributed by atoms with E-state index in [0.29, 0.717) is 21.0 Å². The van der Waals surface area contributed by atoms with Crippen molar-refractivity contribution < 1.29 is 9.21 Å². The summed E-state index contributed by atoms with van der Waals surface area (Å²) in [5, 5.41) is 4.38. The molecule has 1 aromatic carbocycles. The summed E-state index contributed by atoms with van der Waals surface area (Å²) < 4.78 is 6.61. The van der Waals surface area contributed by atoms with Crippen molar-refractivity contribution >= 4 is 55.6 Å². The van der Waals surface area contributed by atoms with E-state index in [2.05, 4.69) is 42.4 Å². The number of benzene rings is 1. The molecule has 1 N–H and O–H groups in total. The third-order valence-corrected chi connectivity index (χ3v) is 4.09. The van der Waals surface area contributed by atoms with E-state index >= 15 is 0 Å². The summed E-state index contributed by atoms with van der Waals surface area (Å²) in [6.07, 6.45) is 1.41. The lowest BCUT2D eigenvalue weighted by Crippen LogP contribution is -2.17. The van der Waals surface area contributed by atoms with Crippen LogP contribution in [-0.4, -0.2) is 12.1 Å². The Kier molecular flexibility index (Phi) is 4.79. The van der Waals surface area contributed by atoms with Crippen LogP contribution in [0.15, 0.2) is 49.0 Å². The summed E-state index contributed by atoms with van der Waals surface area (Å²) >= 11 is 12.2. The van der Waals surface area contributed by atoms with Crippen molar-refractivity contribution in [1.29, 1.82) is 0 Å². The first kappa shape index (κ1) is 14.3. The van der Waals surface area contributed by atoms with Gasteiger partial charge >= 0.3 is 0 Å². The molecule has 2 aromatic rings. The van der Waals surface area contributed by atoms with Gasteiger partial charge in [-0.25, -0.2) is 5.43 Å². The van der Waals surface area contributed by atoms with Gasteiger partial charge in [0, 0.05) is 16.7 Å². The van der Waals surface area contributed by atoms with Gasteiger partial charge in [0.05, 0.1) is 10.7 Å². The fraction of sp³-hybridized carbons (Fsp3) is 0. The van der Waals surface area contributed by atoms with Gasteiger partial charge in [-0.2, -0.15) is 5.10 Å². The second-order valence-corrected chi connectivity index (χ2v) is 5.49. The van der Waals surface area contributed by atoms with Gasteiger partial charge in [-0.3, -0.25) is 4.79 Å². The molecule has 2 rings (SSSR count). The number of rotatable bonds is 3. The molecule has 0 saturated heterocycles. The molecule has 0 unspecified atom stereocenters. The van der Waals surface area contributed by atoms with Crippen molar-refractivity contribution in [2.45, 2.75) is 0 Å². The lowest BCUT2D eigenvalue weighted by molar-refractivity contribution is 0.0955. The molecule has 4 nitrogen and oxygen atoms in total. The van der Waals surface area contributed by atoms with E-state index in [0.717, 1.165) is 4.47 Å². The number of carbonyl (C=O) groups is 1. The molecule has 0 aliphatic rings. The maximum atomic E-state index is 11.7. The summed E-state index contributed by atoms with van der Waals surface area (Å²) in [7, 11) is 0. The SMILES string of the molecule is O=C(NN=Cc1cc(Br)c(Br)o1)c1ccc(Cl)cc1. The quantitative estimate of drug-likeness (QED) is 0.613. The molecule has 0 aliphatic heterocycles. The summed E-state index contributed by atoms with van der Waals surface area (Å²) in [5.74, 6) is 0.188. The number of amides is 1. The number of carbonyl (C=O) groups excluding carboxylic acids is 1. The smallest absolute Gasteiger partial charge is 0.271 e. The molecule has 0 atom stereocenters. The molecule has 0 saturated carbocycles. The van der Waals surface area contributed by atoms with Crippen LogP contribution in [0, 0.1) is 0 Å². The first-order chi connectivity index (χ1) is 9.06. The fourth-order valence-corrected chi connectivity index (χ4v) is 1.98. The zero-order chi connectivity index (χ0) is 13.8. The van der Waals surface area contributed by atoms with Crippen molar-refractivity contribution in [1.82, 2.24) is 5.43 Å². The second-order valence-electron chi connectivity index (χ2n) is 3.48. The number of hydrazone groups is 1. The molecule has 0 spiro atoms. The minimum absolute atomic E-state index is 0.322. The largest absolute Gasteiger partial charge is 0.447 e. The Hall–Kier alpha value is -1.11. The predicted octanol–water partition coefficient (Wildman–Crippen LogP) is 4.22. The molecular formula is C12H7Br2ClN2O2. The van der Waals surface area contributed by atoms with Gasteiger partial charge in [-0.05, 0) is 56.1 Å². The molecular weight excluding hydrogens is 399 g/mol. The highest BCUT2D eigenvalue weighted by atomic mass is 79.9. The lowest BCUT2D eigenvalue weighted by atomic mass is 10.2. The van der Waals surface area contributed by atoms with E-state index < -0.39 is 0 Å². The van der Waals surface area contributed by atoms with Crippen LogP contribution in [0.4, 0.5) is 0 Å². The van der Waals surface area contributed by atoms with Gasteiger partial charge in [0.1, 0.15) is 5.76 Å². The Morgan fingerprint density at radius 1 is 1.32 bits per heavy atom. The van der Waals surface area contributed by atoms with E-state index in [1.54, 1.807) is 30.3 Å². The highest BCUT2D eigenvalue weighted by Crippen LogP contribution is 2.25. The van der Waals surface area contributed by atoms with Gasteiger partial charge in [0.2, 0.25) is 0 Å². The molecule has 0 fully saturated rings.